The summed E-state index contributed by atoms with van der Waals surface area (Å²) in [6.45, 7) is 4.82. The number of likely N-dealkylation sites (tertiary alicyclic amines) is 1. The van der Waals surface area contributed by atoms with E-state index in [2.05, 4.69) is 16.8 Å². The fourth-order valence-electron chi connectivity index (χ4n) is 2.43. The second-order valence-corrected chi connectivity index (χ2v) is 5.54. The smallest absolute Gasteiger partial charge is 0.123 e. The van der Waals surface area contributed by atoms with Crippen molar-refractivity contribution in [2.24, 2.45) is 0 Å². The third-order valence-corrected chi connectivity index (χ3v) is 3.89. The maximum atomic E-state index is 6.14. The van der Waals surface area contributed by atoms with Crippen LogP contribution < -0.4 is 5.73 Å². The number of rotatable bonds is 3. The SMILES string of the molecule is COC1(C)CCCN(Cc2nc(N)ccc2Cl)C1. The zero-order valence-corrected chi connectivity index (χ0v) is 11.7. The number of halogens is 1. The molecule has 2 heterocycles. The number of anilines is 1. The standard InChI is InChI=1S/C13H20ClN3O/c1-13(18-2)6-3-7-17(9-13)8-11-10(14)4-5-12(15)16-11/h4-5H,3,6-9H2,1-2H3,(H2,15,16). The summed E-state index contributed by atoms with van der Waals surface area (Å²) >= 11 is 6.14. The van der Waals surface area contributed by atoms with Gasteiger partial charge in [0.05, 0.1) is 16.3 Å². The van der Waals surface area contributed by atoms with Crippen LogP contribution in [0.3, 0.4) is 0 Å². The van der Waals surface area contributed by atoms with Crippen LogP contribution in [0.5, 0.6) is 0 Å². The summed E-state index contributed by atoms with van der Waals surface area (Å²) in [5, 5.41) is 0.675. The Balaban J connectivity index is 2.07. The van der Waals surface area contributed by atoms with Gasteiger partial charge in [0.1, 0.15) is 5.82 Å². The van der Waals surface area contributed by atoms with Crippen molar-refractivity contribution in [3.63, 3.8) is 0 Å². The first-order valence-electron chi connectivity index (χ1n) is 6.21. The normalized spacial score (nSPS) is 25.3. The number of nitrogen functional groups attached to an aromatic ring is 1. The van der Waals surface area contributed by atoms with Crippen LogP contribution in [-0.2, 0) is 11.3 Å². The van der Waals surface area contributed by atoms with E-state index in [-0.39, 0.29) is 5.60 Å². The van der Waals surface area contributed by atoms with Crippen LogP contribution in [0.4, 0.5) is 5.82 Å². The highest BCUT2D eigenvalue weighted by Crippen LogP contribution is 2.26. The number of hydrogen-bond acceptors (Lipinski definition) is 4. The number of pyridine rings is 1. The van der Waals surface area contributed by atoms with Crippen molar-refractivity contribution in [3.05, 3.63) is 22.8 Å². The summed E-state index contributed by atoms with van der Waals surface area (Å²) in [5.74, 6) is 0.515. The van der Waals surface area contributed by atoms with Gasteiger partial charge in [0.2, 0.25) is 0 Å². The summed E-state index contributed by atoms with van der Waals surface area (Å²) in [5.41, 5.74) is 6.48. The van der Waals surface area contributed by atoms with Gasteiger partial charge in [-0.2, -0.15) is 0 Å². The van der Waals surface area contributed by atoms with E-state index in [0.717, 1.165) is 38.2 Å². The molecule has 1 unspecified atom stereocenters. The number of hydrogen-bond donors (Lipinski definition) is 1. The molecule has 1 atom stereocenters. The van der Waals surface area contributed by atoms with E-state index in [4.69, 9.17) is 22.1 Å². The van der Waals surface area contributed by atoms with Crippen molar-refractivity contribution >= 4 is 17.4 Å². The minimum atomic E-state index is -0.0644. The van der Waals surface area contributed by atoms with Crippen molar-refractivity contribution in [1.82, 2.24) is 9.88 Å². The molecular weight excluding hydrogens is 250 g/mol. The molecule has 0 radical (unpaired) electrons. The Hall–Kier alpha value is -0.840. The molecule has 1 aromatic rings. The quantitative estimate of drug-likeness (QED) is 0.915. The van der Waals surface area contributed by atoms with Gasteiger partial charge in [-0.15, -0.1) is 0 Å². The molecule has 1 fully saturated rings. The van der Waals surface area contributed by atoms with Gasteiger partial charge >= 0.3 is 0 Å². The largest absolute Gasteiger partial charge is 0.384 e. The fourth-order valence-corrected chi connectivity index (χ4v) is 2.60. The first kappa shape index (κ1) is 13.6. The maximum absolute atomic E-state index is 6.14. The van der Waals surface area contributed by atoms with Crippen molar-refractivity contribution in [3.8, 4) is 0 Å². The molecule has 0 saturated carbocycles. The van der Waals surface area contributed by atoms with Gasteiger partial charge in [0, 0.05) is 20.2 Å². The van der Waals surface area contributed by atoms with Crippen molar-refractivity contribution in [2.45, 2.75) is 31.9 Å². The molecule has 0 amide bonds. The van der Waals surface area contributed by atoms with Gasteiger partial charge < -0.3 is 10.5 Å². The van der Waals surface area contributed by atoms with E-state index in [0.29, 0.717) is 10.8 Å². The number of nitrogens with two attached hydrogens (primary N) is 1. The molecule has 0 aliphatic carbocycles. The van der Waals surface area contributed by atoms with Crippen molar-refractivity contribution in [1.29, 1.82) is 0 Å². The van der Waals surface area contributed by atoms with E-state index in [1.165, 1.54) is 0 Å². The lowest BCUT2D eigenvalue weighted by atomic mass is 9.94. The summed E-state index contributed by atoms with van der Waals surface area (Å²) in [6.07, 6.45) is 2.22. The van der Waals surface area contributed by atoms with Gasteiger partial charge in [-0.05, 0) is 38.4 Å². The molecule has 2 rings (SSSR count). The fraction of sp³-hybridized carbons (Fsp3) is 0.615. The lowest BCUT2D eigenvalue weighted by Crippen LogP contribution is -2.47. The number of piperidine rings is 1. The van der Waals surface area contributed by atoms with Crippen LogP contribution in [-0.4, -0.2) is 35.7 Å². The molecule has 2 N–H and O–H groups in total. The zero-order chi connectivity index (χ0) is 13.2. The van der Waals surface area contributed by atoms with Crippen LogP contribution in [0.15, 0.2) is 12.1 Å². The van der Waals surface area contributed by atoms with Crippen LogP contribution in [0.2, 0.25) is 5.02 Å². The summed E-state index contributed by atoms with van der Waals surface area (Å²) < 4.78 is 5.58. The Morgan fingerprint density at radius 2 is 2.33 bits per heavy atom. The second kappa shape index (κ2) is 5.43. The maximum Gasteiger partial charge on any atom is 0.123 e. The average molecular weight is 270 g/mol. The highest BCUT2D eigenvalue weighted by Gasteiger charge is 2.30. The molecule has 1 aromatic heterocycles. The van der Waals surface area contributed by atoms with Crippen LogP contribution >= 0.6 is 11.6 Å². The number of ether oxygens (including phenoxy) is 1. The summed E-state index contributed by atoms with van der Waals surface area (Å²) in [7, 11) is 1.77. The second-order valence-electron chi connectivity index (χ2n) is 5.13. The average Bonchev–Trinajstić information content (AvgIpc) is 2.34. The molecule has 0 aromatic carbocycles. The lowest BCUT2D eigenvalue weighted by molar-refractivity contribution is -0.0529. The Morgan fingerprint density at radius 3 is 3.06 bits per heavy atom. The van der Waals surface area contributed by atoms with Crippen LogP contribution in [0, 0.1) is 0 Å². The van der Waals surface area contributed by atoms with E-state index in [1.54, 1.807) is 19.2 Å². The molecule has 1 aliphatic heterocycles. The minimum Gasteiger partial charge on any atom is -0.384 e. The van der Waals surface area contributed by atoms with Crippen LogP contribution in [0.25, 0.3) is 0 Å². The highest BCUT2D eigenvalue weighted by molar-refractivity contribution is 6.31. The first-order valence-corrected chi connectivity index (χ1v) is 6.59. The first-order chi connectivity index (χ1) is 8.52. The molecule has 0 spiro atoms. The summed E-state index contributed by atoms with van der Waals surface area (Å²) in [6, 6.07) is 3.53. The molecule has 0 bridgehead atoms. The molecule has 1 aliphatic rings. The number of aromatic nitrogens is 1. The van der Waals surface area contributed by atoms with E-state index in [9.17, 15) is 0 Å². The summed E-state index contributed by atoms with van der Waals surface area (Å²) in [4.78, 5) is 6.62. The minimum absolute atomic E-state index is 0.0644. The van der Waals surface area contributed by atoms with E-state index < -0.39 is 0 Å². The molecule has 1 saturated heterocycles. The van der Waals surface area contributed by atoms with E-state index >= 15 is 0 Å². The molecule has 18 heavy (non-hydrogen) atoms. The topological polar surface area (TPSA) is 51.4 Å². The van der Waals surface area contributed by atoms with Gasteiger partial charge in [0.25, 0.3) is 0 Å². The Morgan fingerprint density at radius 1 is 1.56 bits per heavy atom. The van der Waals surface area contributed by atoms with E-state index in [1.807, 2.05) is 0 Å². The van der Waals surface area contributed by atoms with Gasteiger partial charge in [-0.1, -0.05) is 11.6 Å². The number of methoxy groups -OCH3 is 1. The Kier molecular flexibility index (Phi) is 4.10. The number of nitrogens with zero attached hydrogens (tertiary/aromatic N) is 2. The Labute approximate surface area is 113 Å². The molecule has 5 heteroatoms. The van der Waals surface area contributed by atoms with Crippen LogP contribution in [0.1, 0.15) is 25.5 Å². The monoisotopic (exact) mass is 269 g/mol. The molecule has 4 nitrogen and oxygen atoms in total. The predicted octanol–water partition coefficient (Wildman–Crippen LogP) is 2.32. The Bertz CT molecular complexity index is 427. The zero-order valence-electron chi connectivity index (χ0n) is 10.9. The molecule has 100 valence electrons. The third-order valence-electron chi connectivity index (χ3n) is 3.54. The van der Waals surface area contributed by atoms with Gasteiger partial charge in [0.15, 0.2) is 0 Å². The predicted molar refractivity (Wildman–Crippen MR) is 73.6 cm³/mol. The van der Waals surface area contributed by atoms with Gasteiger partial charge in [-0.3, -0.25) is 4.90 Å². The van der Waals surface area contributed by atoms with Crippen molar-refractivity contribution < 1.29 is 4.74 Å². The highest BCUT2D eigenvalue weighted by atomic mass is 35.5. The van der Waals surface area contributed by atoms with Crippen molar-refractivity contribution in [2.75, 3.05) is 25.9 Å². The van der Waals surface area contributed by atoms with Gasteiger partial charge in [-0.25, -0.2) is 4.98 Å². The molecular formula is C13H20ClN3O. The lowest BCUT2D eigenvalue weighted by Gasteiger charge is -2.39. The third kappa shape index (κ3) is 3.13.